The predicted octanol–water partition coefficient (Wildman–Crippen LogP) is 3.69. The van der Waals surface area contributed by atoms with Gasteiger partial charge >= 0.3 is 0 Å². The number of aromatic nitrogens is 1. The van der Waals surface area contributed by atoms with Gasteiger partial charge in [-0.1, -0.05) is 6.07 Å². The van der Waals surface area contributed by atoms with Crippen LogP contribution >= 0.6 is 0 Å². The van der Waals surface area contributed by atoms with E-state index in [2.05, 4.69) is 31.1 Å². The van der Waals surface area contributed by atoms with Crippen LogP contribution in [0.5, 0.6) is 5.75 Å². The highest BCUT2D eigenvalue weighted by Gasteiger charge is 2.09. The lowest BCUT2D eigenvalue weighted by molar-refractivity contribution is 0.300. The highest BCUT2D eigenvalue weighted by molar-refractivity contribution is 5.22. The lowest BCUT2D eigenvalue weighted by Crippen LogP contribution is -2.35. The zero-order chi connectivity index (χ0) is 15.3. The molecule has 0 amide bonds. The van der Waals surface area contributed by atoms with Crippen LogP contribution in [0.25, 0.3) is 0 Å². The first-order valence-corrected chi connectivity index (χ1v) is 7.01. The van der Waals surface area contributed by atoms with Crippen molar-refractivity contribution >= 4 is 0 Å². The van der Waals surface area contributed by atoms with Crippen molar-refractivity contribution < 1.29 is 9.13 Å². The van der Waals surface area contributed by atoms with Gasteiger partial charge < -0.3 is 10.1 Å². The molecule has 0 unspecified atom stereocenters. The topological polar surface area (TPSA) is 34.1 Å². The minimum Gasteiger partial charge on any atom is -0.487 e. The molecule has 21 heavy (non-hydrogen) atoms. The van der Waals surface area contributed by atoms with Crippen molar-refractivity contribution in [2.45, 2.75) is 39.5 Å². The predicted molar refractivity (Wildman–Crippen MR) is 81.6 cm³/mol. The number of hydrogen-bond donors (Lipinski definition) is 1. The summed E-state index contributed by atoms with van der Waals surface area (Å²) in [4.78, 5) is 4.55. The maximum absolute atomic E-state index is 12.8. The van der Waals surface area contributed by atoms with E-state index in [1.54, 1.807) is 12.1 Å². The third kappa shape index (κ3) is 5.52. The van der Waals surface area contributed by atoms with Gasteiger partial charge in [-0.25, -0.2) is 4.39 Å². The summed E-state index contributed by atoms with van der Waals surface area (Å²) in [5.41, 5.74) is 1.89. The Morgan fingerprint density at radius 3 is 2.38 bits per heavy atom. The average molecular weight is 288 g/mol. The van der Waals surface area contributed by atoms with Crippen LogP contribution in [0.15, 0.2) is 42.5 Å². The highest BCUT2D eigenvalue weighted by atomic mass is 19.1. The first-order chi connectivity index (χ1) is 9.92. The van der Waals surface area contributed by atoms with E-state index in [1.165, 1.54) is 12.1 Å². The highest BCUT2D eigenvalue weighted by Crippen LogP contribution is 2.13. The average Bonchev–Trinajstić information content (AvgIpc) is 2.44. The minimum atomic E-state index is -0.268. The lowest BCUT2D eigenvalue weighted by atomic mass is 10.1. The summed E-state index contributed by atoms with van der Waals surface area (Å²) in [6.45, 7) is 7.44. The molecule has 1 aromatic carbocycles. The fraction of sp³-hybridized carbons (Fsp3) is 0.353. The Morgan fingerprint density at radius 2 is 1.71 bits per heavy atom. The number of nitrogens with one attached hydrogen (secondary N) is 1. The summed E-state index contributed by atoms with van der Waals surface area (Å²) >= 11 is 0. The second kappa shape index (κ2) is 6.68. The number of ether oxygens (including phenoxy) is 1. The quantitative estimate of drug-likeness (QED) is 0.911. The standard InChI is InChI=1S/C17H21FN2O/c1-17(2,3)19-11-14-5-4-6-15(20-14)12-21-16-9-7-13(18)8-10-16/h4-10,19H,11-12H2,1-3H3. The number of pyridine rings is 1. The van der Waals surface area contributed by atoms with Crippen LogP contribution in [-0.2, 0) is 13.2 Å². The van der Waals surface area contributed by atoms with E-state index in [-0.39, 0.29) is 11.4 Å². The fourth-order valence-electron chi connectivity index (χ4n) is 1.75. The molecule has 1 aromatic heterocycles. The summed E-state index contributed by atoms with van der Waals surface area (Å²) in [6.07, 6.45) is 0. The zero-order valence-corrected chi connectivity index (χ0v) is 12.7. The first-order valence-electron chi connectivity index (χ1n) is 7.01. The van der Waals surface area contributed by atoms with Crippen molar-refractivity contribution in [3.05, 3.63) is 59.7 Å². The monoisotopic (exact) mass is 288 g/mol. The van der Waals surface area contributed by atoms with Gasteiger partial charge in [-0.3, -0.25) is 4.98 Å². The molecule has 2 rings (SSSR count). The SMILES string of the molecule is CC(C)(C)NCc1cccc(COc2ccc(F)cc2)n1. The van der Waals surface area contributed by atoms with E-state index >= 15 is 0 Å². The third-order valence-corrected chi connectivity index (χ3v) is 2.86. The van der Waals surface area contributed by atoms with Gasteiger partial charge in [0.15, 0.2) is 0 Å². The zero-order valence-electron chi connectivity index (χ0n) is 12.7. The van der Waals surface area contributed by atoms with E-state index < -0.39 is 0 Å². The molecular formula is C17H21FN2O. The van der Waals surface area contributed by atoms with Gasteiger partial charge in [-0.2, -0.15) is 0 Å². The van der Waals surface area contributed by atoms with E-state index in [4.69, 9.17) is 4.74 Å². The Balaban J connectivity index is 1.93. The van der Waals surface area contributed by atoms with Crippen LogP contribution in [0.4, 0.5) is 4.39 Å². The number of rotatable bonds is 5. The second-order valence-corrected chi connectivity index (χ2v) is 5.97. The maximum atomic E-state index is 12.8. The van der Waals surface area contributed by atoms with Crippen LogP contribution in [-0.4, -0.2) is 10.5 Å². The molecule has 2 aromatic rings. The minimum absolute atomic E-state index is 0.0578. The van der Waals surface area contributed by atoms with Crippen molar-refractivity contribution in [3.8, 4) is 5.75 Å². The van der Waals surface area contributed by atoms with Gasteiger partial charge in [0, 0.05) is 12.1 Å². The Hall–Kier alpha value is -1.94. The van der Waals surface area contributed by atoms with Crippen molar-refractivity contribution in [1.29, 1.82) is 0 Å². The van der Waals surface area contributed by atoms with Crippen LogP contribution in [0.3, 0.4) is 0 Å². The largest absolute Gasteiger partial charge is 0.487 e. The summed E-state index contributed by atoms with van der Waals surface area (Å²) in [6, 6.07) is 11.9. The molecule has 0 spiro atoms. The van der Waals surface area contributed by atoms with E-state index in [9.17, 15) is 4.39 Å². The van der Waals surface area contributed by atoms with Crippen molar-refractivity contribution in [1.82, 2.24) is 10.3 Å². The molecule has 0 aliphatic rings. The second-order valence-electron chi connectivity index (χ2n) is 5.97. The van der Waals surface area contributed by atoms with Gasteiger partial charge in [0.2, 0.25) is 0 Å². The van der Waals surface area contributed by atoms with Crippen LogP contribution < -0.4 is 10.1 Å². The van der Waals surface area contributed by atoms with Crippen molar-refractivity contribution in [2.24, 2.45) is 0 Å². The maximum Gasteiger partial charge on any atom is 0.130 e. The normalized spacial score (nSPS) is 11.4. The molecule has 4 heteroatoms. The summed E-state index contributed by atoms with van der Waals surface area (Å²) in [5, 5.41) is 3.40. The molecule has 0 aliphatic carbocycles. The molecule has 0 saturated carbocycles. The summed E-state index contributed by atoms with van der Waals surface area (Å²) < 4.78 is 18.4. The Bertz CT molecular complexity index is 576. The van der Waals surface area contributed by atoms with Crippen LogP contribution in [0.1, 0.15) is 32.2 Å². The van der Waals surface area contributed by atoms with Gasteiger partial charge in [0.1, 0.15) is 18.2 Å². The molecule has 3 nitrogen and oxygen atoms in total. The molecular weight excluding hydrogens is 267 g/mol. The van der Waals surface area contributed by atoms with Gasteiger partial charge in [-0.15, -0.1) is 0 Å². The Kier molecular flexibility index (Phi) is 4.91. The molecule has 0 saturated heterocycles. The molecule has 112 valence electrons. The molecule has 1 heterocycles. The molecule has 0 aliphatic heterocycles. The van der Waals surface area contributed by atoms with Crippen molar-refractivity contribution in [2.75, 3.05) is 0 Å². The number of benzene rings is 1. The van der Waals surface area contributed by atoms with E-state index in [1.807, 2.05) is 18.2 Å². The fourth-order valence-corrected chi connectivity index (χ4v) is 1.75. The van der Waals surface area contributed by atoms with Gasteiger partial charge in [0.25, 0.3) is 0 Å². The van der Waals surface area contributed by atoms with Gasteiger partial charge in [0.05, 0.1) is 11.4 Å². The van der Waals surface area contributed by atoms with Crippen LogP contribution in [0, 0.1) is 5.82 Å². The lowest BCUT2D eigenvalue weighted by Gasteiger charge is -2.20. The van der Waals surface area contributed by atoms with E-state index in [0.717, 1.165) is 11.4 Å². The van der Waals surface area contributed by atoms with Crippen molar-refractivity contribution in [3.63, 3.8) is 0 Å². The number of halogens is 1. The molecule has 0 radical (unpaired) electrons. The first kappa shape index (κ1) is 15.4. The third-order valence-electron chi connectivity index (χ3n) is 2.86. The Morgan fingerprint density at radius 1 is 1.05 bits per heavy atom. The summed E-state index contributed by atoms with van der Waals surface area (Å²) in [7, 11) is 0. The smallest absolute Gasteiger partial charge is 0.130 e. The number of hydrogen-bond acceptors (Lipinski definition) is 3. The van der Waals surface area contributed by atoms with Crippen LogP contribution in [0.2, 0.25) is 0 Å². The summed E-state index contributed by atoms with van der Waals surface area (Å²) in [5.74, 6) is 0.368. The van der Waals surface area contributed by atoms with E-state index in [0.29, 0.717) is 18.9 Å². The Labute approximate surface area is 125 Å². The van der Waals surface area contributed by atoms with Gasteiger partial charge in [-0.05, 0) is 57.2 Å². The molecule has 0 fully saturated rings. The molecule has 1 N–H and O–H groups in total. The number of nitrogens with zero attached hydrogens (tertiary/aromatic N) is 1. The molecule has 0 atom stereocenters. The molecule has 0 bridgehead atoms.